The lowest BCUT2D eigenvalue weighted by molar-refractivity contribution is 0.102. The Bertz CT molecular complexity index is 608. The van der Waals surface area contributed by atoms with Gasteiger partial charge < -0.3 is 4.74 Å². The molecule has 0 heterocycles. The number of aryl methyl sites for hydroxylation is 1. The maximum atomic E-state index is 12.0. The molecule has 2 aromatic carbocycles. The molecule has 2 aromatic rings. The van der Waals surface area contributed by atoms with Crippen LogP contribution in [0.25, 0.3) is 0 Å². The predicted molar refractivity (Wildman–Crippen MR) is 94.1 cm³/mol. The third kappa shape index (κ3) is 4.92. The Labute approximate surface area is 136 Å². The lowest BCUT2D eigenvalue weighted by Gasteiger charge is -2.10. The van der Waals surface area contributed by atoms with Crippen LogP contribution in [0.2, 0.25) is 0 Å². The van der Waals surface area contributed by atoms with Gasteiger partial charge in [-0.05, 0) is 42.0 Å². The van der Waals surface area contributed by atoms with Gasteiger partial charge in [0.15, 0.2) is 5.78 Å². The van der Waals surface area contributed by atoms with Gasteiger partial charge in [0, 0.05) is 12.0 Å². The van der Waals surface area contributed by atoms with Gasteiger partial charge in [0.05, 0.1) is 12.4 Å². The number of ketones is 1. The van der Waals surface area contributed by atoms with Crippen LogP contribution in [-0.4, -0.2) is 23.9 Å². The minimum atomic E-state index is 0.186. The quantitative estimate of drug-likeness (QED) is 0.669. The molecule has 0 aliphatic rings. The van der Waals surface area contributed by atoms with Gasteiger partial charge in [-0.15, -0.1) is 0 Å². The molecule has 0 fully saturated rings. The second kappa shape index (κ2) is 8.64. The Balaban J connectivity index is 1.91. The van der Waals surface area contributed by atoms with E-state index in [9.17, 15) is 4.79 Å². The Kier molecular flexibility index (Phi) is 6.53. The highest BCUT2D eigenvalue weighted by Crippen LogP contribution is 2.20. The van der Waals surface area contributed by atoms with E-state index in [0.717, 1.165) is 29.1 Å². The van der Waals surface area contributed by atoms with E-state index < -0.39 is 0 Å². The van der Waals surface area contributed by atoms with Gasteiger partial charge in [0.1, 0.15) is 5.75 Å². The number of rotatable bonds is 8. The van der Waals surface area contributed by atoms with Crippen LogP contribution >= 0.6 is 11.8 Å². The molecule has 0 bridgehead atoms. The Morgan fingerprint density at radius 2 is 1.91 bits per heavy atom. The molecule has 0 aliphatic heterocycles. The Morgan fingerprint density at radius 3 is 2.59 bits per heavy atom. The molecule has 0 spiro atoms. The summed E-state index contributed by atoms with van der Waals surface area (Å²) in [6.07, 6.45) is 0.883. The lowest BCUT2D eigenvalue weighted by Crippen LogP contribution is -2.05. The highest BCUT2D eigenvalue weighted by Gasteiger charge is 2.08. The normalized spacial score (nSPS) is 10.5. The molecular weight excluding hydrogens is 292 g/mol. The fraction of sp³-hybridized carbons (Fsp3) is 0.316. The third-order valence-electron chi connectivity index (χ3n) is 3.43. The van der Waals surface area contributed by atoms with E-state index in [1.807, 2.05) is 43.3 Å². The van der Waals surface area contributed by atoms with Gasteiger partial charge in [-0.2, -0.15) is 11.8 Å². The van der Waals surface area contributed by atoms with E-state index >= 15 is 0 Å². The summed E-state index contributed by atoms with van der Waals surface area (Å²) in [7, 11) is 0. The van der Waals surface area contributed by atoms with E-state index in [0.29, 0.717) is 12.4 Å². The third-order valence-corrected chi connectivity index (χ3v) is 4.30. The highest BCUT2D eigenvalue weighted by molar-refractivity contribution is 7.99. The second-order valence-corrected chi connectivity index (χ2v) is 6.40. The summed E-state index contributed by atoms with van der Waals surface area (Å²) in [4.78, 5) is 12.0. The second-order valence-electron chi connectivity index (χ2n) is 5.12. The molecule has 0 aromatic heterocycles. The fourth-order valence-electron chi connectivity index (χ4n) is 2.19. The van der Waals surface area contributed by atoms with Crippen molar-refractivity contribution in [2.24, 2.45) is 0 Å². The summed E-state index contributed by atoms with van der Waals surface area (Å²) in [6.45, 7) is 4.69. The van der Waals surface area contributed by atoms with Crippen LogP contribution in [0.4, 0.5) is 0 Å². The molecule has 0 saturated carbocycles. The van der Waals surface area contributed by atoms with Crippen molar-refractivity contribution in [1.29, 1.82) is 0 Å². The smallest absolute Gasteiger partial charge is 0.172 e. The van der Waals surface area contributed by atoms with E-state index in [4.69, 9.17) is 4.74 Å². The van der Waals surface area contributed by atoms with Gasteiger partial charge in [-0.1, -0.05) is 37.3 Å². The SMILES string of the molecule is CCSCC(=O)c1ccc(OCCc2ccccc2)c(C)c1. The number of carbonyl (C=O) groups is 1. The van der Waals surface area contributed by atoms with E-state index in [-0.39, 0.29) is 5.78 Å². The topological polar surface area (TPSA) is 26.3 Å². The summed E-state index contributed by atoms with van der Waals surface area (Å²) in [6, 6.07) is 16.0. The summed E-state index contributed by atoms with van der Waals surface area (Å²) < 4.78 is 5.84. The first-order chi connectivity index (χ1) is 10.7. The summed E-state index contributed by atoms with van der Waals surface area (Å²) in [5.41, 5.74) is 3.05. The highest BCUT2D eigenvalue weighted by atomic mass is 32.2. The van der Waals surface area contributed by atoms with Crippen LogP contribution < -0.4 is 4.74 Å². The van der Waals surface area contributed by atoms with Gasteiger partial charge in [-0.3, -0.25) is 4.79 Å². The van der Waals surface area contributed by atoms with E-state index in [1.54, 1.807) is 11.8 Å². The maximum absolute atomic E-state index is 12.0. The molecule has 2 rings (SSSR count). The van der Waals surface area contributed by atoms with Crippen molar-refractivity contribution in [3.63, 3.8) is 0 Å². The summed E-state index contributed by atoms with van der Waals surface area (Å²) in [5.74, 6) is 2.55. The summed E-state index contributed by atoms with van der Waals surface area (Å²) in [5, 5.41) is 0. The number of ether oxygens (including phenoxy) is 1. The zero-order valence-electron chi connectivity index (χ0n) is 13.2. The Hall–Kier alpha value is -1.74. The average molecular weight is 314 g/mol. The zero-order chi connectivity index (χ0) is 15.8. The van der Waals surface area contributed by atoms with Crippen molar-refractivity contribution >= 4 is 17.5 Å². The van der Waals surface area contributed by atoms with Crippen LogP contribution in [0.1, 0.15) is 28.4 Å². The minimum absolute atomic E-state index is 0.186. The van der Waals surface area contributed by atoms with Crippen LogP contribution in [-0.2, 0) is 6.42 Å². The van der Waals surface area contributed by atoms with E-state index in [2.05, 4.69) is 19.1 Å². The van der Waals surface area contributed by atoms with Gasteiger partial charge >= 0.3 is 0 Å². The molecule has 0 N–H and O–H groups in total. The Morgan fingerprint density at radius 1 is 1.14 bits per heavy atom. The first-order valence-corrected chi connectivity index (χ1v) is 8.74. The van der Waals surface area contributed by atoms with Gasteiger partial charge in [0.2, 0.25) is 0 Å². The van der Waals surface area contributed by atoms with Crippen molar-refractivity contribution in [3.05, 3.63) is 65.2 Å². The number of carbonyl (C=O) groups excluding carboxylic acids is 1. The molecule has 3 heteroatoms. The van der Waals surface area contributed by atoms with Crippen molar-refractivity contribution in [3.8, 4) is 5.75 Å². The van der Waals surface area contributed by atoms with Crippen LogP contribution in [0.3, 0.4) is 0 Å². The lowest BCUT2D eigenvalue weighted by atomic mass is 10.1. The molecule has 0 radical (unpaired) electrons. The number of hydrogen-bond acceptors (Lipinski definition) is 3. The maximum Gasteiger partial charge on any atom is 0.172 e. The van der Waals surface area contributed by atoms with Gasteiger partial charge in [0.25, 0.3) is 0 Å². The van der Waals surface area contributed by atoms with Gasteiger partial charge in [-0.25, -0.2) is 0 Å². The van der Waals surface area contributed by atoms with Crippen LogP contribution in [0.15, 0.2) is 48.5 Å². The fourth-order valence-corrected chi connectivity index (χ4v) is 2.74. The molecule has 0 aliphatic carbocycles. The predicted octanol–water partition coefficient (Wildman–Crippen LogP) is 4.55. The van der Waals surface area contributed by atoms with Crippen molar-refractivity contribution in [2.45, 2.75) is 20.3 Å². The molecule has 22 heavy (non-hydrogen) atoms. The monoisotopic (exact) mass is 314 g/mol. The first kappa shape index (κ1) is 16.6. The van der Waals surface area contributed by atoms with Crippen LogP contribution in [0.5, 0.6) is 5.75 Å². The van der Waals surface area contributed by atoms with Crippen molar-refractivity contribution < 1.29 is 9.53 Å². The first-order valence-electron chi connectivity index (χ1n) is 7.59. The molecular formula is C19H22O2S. The molecule has 2 nitrogen and oxygen atoms in total. The molecule has 0 atom stereocenters. The van der Waals surface area contributed by atoms with Crippen molar-refractivity contribution in [1.82, 2.24) is 0 Å². The molecule has 0 amide bonds. The number of Topliss-reactive ketones (excluding diaryl/α,β-unsaturated/α-hetero) is 1. The molecule has 0 saturated heterocycles. The zero-order valence-corrected chi connectivity index (χ0v) is 14.0. The van der Waals surface area contributed by atoms with E-state index in [1.165, 1.54) is 5.56 Å². The average Bonchev–Trinajstić information content (AvgIpc) is 2.55. The van der Waals surface area contributed by atoms with Crippen LogP contribution in [0, 0.1) is 6.92 Å². The van der Waals surface area contributed by atoms with Crippen molar-refractivity contribution in [2.75, 3.05) is 18.1 Å². The number of thioether (sulfide) groups is 1. The number of hydrogen-bond donors (Lipinski definition) is 0. The minimum Gasteiger partial charge on any atom is -0.493 e. The summed E-state index contributed by atoms with van der Waals surface area (Å²) >= 11 is 1.65. The number of benzene rings is 2. The standard InChI is InChI=1S/C19H22O2S/c1-3-22-14-18(20)17-9-10-19(15(2)13-17)21-12-11-16-7-5-4-6-8-16/h4-10,13H,3,11-12,14H2,1-2H3. The molecule has 116 valence electrons. The molecule has 0 unspecified atom stereocenters. The largest absolute Gasteiger partial charge is 0.493 e.